The Balaban J connectivity index is 1.52. The Hall–Kier alpha value is -4.32. The zero-order valence-corrected chi connectivity index (χ0v) is 18.6. The SMILES string of the molecule is OB(O)c1ccc2oc3ccc(-n4c5cccc6c7ccccc7c7cccc4c7c65)cc3c2c1. The van der Waals surface area contributed by atoms with E-state index in [-0.39, 0.29) is 0 Å². The fourth-order valence-electron chi connectivity index (χ4n) is 5.87. The second-order valence-electron chi connectivity index (χ2n) is 9.19. The number of aromatic nitrogens is 1. The van der Waals surface area contributed by atoms with E-state index in [1.54, 1.807) is 18.2 Å². The monoisotopic (exact) mass is 451 g/mol. The lowest BCUT2D eigenvalue weighted by Crippen LogP contribution is -2.29. The highest BCUT2D eigenvalue weighted by Gasteiger charge is 2.20. The van der Waals surface area contributed by atoms with Crippen LogP contribution in [0.5, 0.6) is 0 Å². The Morgan fingerprint density at radius 1 is 0.543 bits per heavy atom. The van der Waals surface area contributed by atoms with Crippen molar-refractivity contribution in [2.24, 2.45) is 0 Å². The predicted octanol–water partition coefficient (Wildman–Crippen LogP) is 6.11. The third-order valence-electron chi connectivity index (χ3n) is 7.36. The van der Waals surface area contributed by atoms with Crippen molar-refractivity contribution >= 4 is 77.9 Å². The molecule has 6 aromatic carbocycles. The van der Waals surface area contributed by atoms with Gasteiger partial charge in [-0.05, 0) is 63.4 Å². The quantitative estimate of drug-likeness (QED) is 0.246. The van der Waals surface area contributed by atoms with Gasteiger partial charge in [-0.1, -0.05) is 60.7 Å². The first-order valence-electron chi connectivity index (χ1n) is 11.7. The number of benzene rings is 6. The van der Waals surface area contributed by atoms with Gasteiger partial charge in [0.1, 0.15) is 11.2 Å². The molecule has 0 aliphatic heterocycles. The van der Waals surface area contributed by atoms with Gasteiger partial charge in [-0.2, -0.15) is 0 Å². The van der Waals surface area contributed by atoms with Crippen LogP contribution >= 0.6 is 0 Å². The normalized spacial score (nSPS) is 12.3. The van der Waals surface area contributed by atoms with Gasteiger partial charge in [-0.3, -0.25) is 0 Å². The van der Waals surface area contributed by atoms with E-state index in [9.17, 15) is 10.0 Å². The molecule has 0 saturated heterocycles. The average molecular weight is 451 g/mol. The average Bonchev–Trinajstić information content (AvgIpc) is 3.43. The van der Waals surface area contributed by atoms with Gasteiger partial charge in [-0.25, -0.2) is 0 Å². The van der Waals surface area contributed by atoms with Gasteiger partial charge in [0.2, 0.25) is 0 Å². The first-order chi connectivity index (χ1) is 17.2. The van der Waals surface area contributed by atoms with Crippen LogP contribution in [0.15, 0.2) is 101 Å². The van der Waals surface area contributed by atoms with Crippen LogP contribution in [0.2, 0.25) is 0 Å². The van der Waals surface area contributed by atoms with Crippen molar-refractivity contribution in [1.82, 2.24) is 4.57 Å². The van der Waals surface area contributed by atoms with E-state index < -0.39 is 7.12 Å². The summed E-state index contributed by atoms with van der Waals surface area (Å²) in [4.78, 5) is 0. The fraction of sp³-hybridized carbons (Fsp3) is 0. The van der Waals surface area contributed by atoms with E-state index in [0.717, 1.165) is 38.7 Å². The molecule has 0 bridgehead atoms. The van der Waals surface area contributed by atoms with E-state index >= 15 is 0 Å². The molecule has 35 heavy (non-hydrogen) atoms. The minimum Gasteiger partial charge on any atom is -0.456 e. The van der Waals surface area contributed by atoms with Crippen LogP contribution in [0.3, 0.4) is 0 Å². The number of hydrogen-bond acceptors (Lipinski definition) is 3. The molecule has 5 heteroatoms. The van der Waals surface area contributed by atoms with Crippen molar-refractivity contribution in [3.63, 3.8) is 0 Å². The van der Waals surface area contributed by atoms with E-state index in [2.05, 4.69) is 77.4 Å². The van der Waals surface area contributed by atoms with Gasteiger partial charge < -0.3 is 19.0 Å². The molecule has 0 amide bonds. The van der Waals surface area contributed by atoms with Crippen LogP contribution in [0, 0.1) is 0 Å². The number of fused-ring (bicyclic) bond motifs is 6. The summed E-state index contributed by atoms with van der Waals surface area (Å²) in [7, 11) is -1.52. The van der Waals surface area contributed by atoms with Crippen molar-refractivity contribution in [2.45, 2.75) is 0 Å². The van der Waals surface area contributed by atoms with Crippen LogP contribution in [0.4, 0.5) is 0 Å². The molecule has 0 unspecified atom stereocenters. The van der Waals surface area contributed by atoms with Gasteiger partial charge in [0, 0.05) is 27.2 Å². The molecule has 0 spiro atoms. The molecule has 2 heterocycles. The predicted molar refractivity (Wildman–Crippen MR) is 144 cm³/mol. The molecule has 0 atom stereocenters. The first kappa shape index (κ1) is 19.0. The molecule has 0 aliphatic rings. The summed E-state index contributed by atoms with van der Waals surface area (Å²) in [5.74, 6) is 0. The Kier molecular flexibility index (Phi) is 3.61. The van der Waals surface area contributed by atoms with Gasteiger partial charge >= 0.3 is 7.12 Å². The number of furan rings is 1. The fourth-order valence-corrected chi connectivity index (χ4v) is 5.87. The lowest BCUT2D eigenvalue weighted by Gasteiger charge is -2.08. The van der Waals surface area contributed by atoms with Crippen LogP contribution in [0.25, 0.3) is 71.0 Å². The summed E-state index contributed by atoms with van der Waals surface area (Å²) in [5, 5.41) is 28.8. The van der Waals surface area contributed by atoms with E-state index in [4.69, 9.17) is 4.42 Å². The maximum absolute atomic E-state index is 9.69. The van der Waals surface area contributed by atoms with E-state index in [1.165, 1.54) is 32.3 Å². The van der Waals surface area contributed by atoms with Gasteiger partial charge in [-0.15, -0.1) is 0 Å². The second kappa shape index (κ2) is 6.63. The number of hydrogen-bond donors (Lipinski definition) is 2. The molecule has 2 aromatic heterocycles. The highest BCUT2D eigenvalue weighted by atomic mass is 16.4. The smallest absolute Gasteiger partial charge is 0.456 e. The molecule has 8 aromatic rings. The Morgan fingerprint density at radius 3 is 1.74 bits per heavy atom. The number of rotatable bonds is 2. The van der Waals surface area contributed by atoms with Crippen molar-refractivity contribution in [1.29, 1.82) is 0 Å². The highest BCUT2D eigenvalue weighted by Crippen LogP contribution is 2.43. The molecule has 0 radical (unpaired) electrons. The summed E-state index contributed by atoms with van der Waals surface area (Å²) < 4.78 is 8.38. The minimum absolute atomic E-state index is 0.445. The second-order valence-corrected chi connectivity index (χ2v) is 9.19. The summed E-state index contributed by atoms with van der Waals surface area (Å²) in [5.41, 5.74) is 5.31. The topological polar surface area (TPSA) is 58.5 Å². The van der Waals surface area contributed by atoms with Crippen LogP contribution in [-0.4, -0.2) is 21.7 Å². The molecular formula is C30H18BNO3. The Bertz CT molecular complexity index is 2010. The standard InChI is InChI=1S/C30H18BNO3/c33-31(34)17-11-13-27-23(15-17)24-16-18(12-14-28(24)35-27)32-25-9-3-7-21-19-5-1-2-6-20(19)22-8-4-10-26(32)30(22)29(21)25/h1-16,33-34H. The lowest BCUT2D eigenvalue weighted by atomic mass is 9.80. The maximum atomic E-state index is 9.69. The largest absolute Gasteiger partial charge is 0.488 e. The highest BCUT2D eigenvalue weighted by molar-refractivity contribution is 6.59. The van der Waals surface area contributed by atoms with Gasteiger partial charge in [0.05, 0.1) is 11.0 Å². The Labute approximate surface area is 199 Å². The molecule has 164 valence electrons. The molecule has 2 N–H and O–H groups in total. The zero-order valence-electron chi connectivity index (χ0n) is 18.6. The zero-order chi connectivity index (χ0) is 23.3. The molecular weight excluding hydrogens is 433 g/mol. The molecule has 4 nitrogen and oxygen atoms in total. The molecule has 0 saturated carbocycles. The van der Waals surface area contributed by atoms with Gasteiger partial charge in [0.15, 0.2) is 0 Å². The van der Waals surface area contributed by atoms with E-state index in [0.29, 0.717) is 5.46 Å². The summed E-state index contributed by atoms with van der Waals surface area (Å²) >= 11 is 0. The maximum Gasteiger partial charge on any atom is 0.488 e. The third kappa shape index (κ3) is 2.43. The van der Waals surface area contributed by atoms with Crippen LogP contribution in [-0.2, 0) is 0 Å². The van der Waals surface area contributed by atoms with Crippen molar-refractivity contribution in [3.8, 4) is 5.69 Å². The number of nitrogens with zero attached hydrogens (tertiary/aromatic N) is 1. The Morgan fingerprint density at radius 2 is 1.11 bits per heavy atom. The summed E-state index contributed by atoms with van der Waals surface area (Å²) in [6.45, 7) is 0. The molecule has 8 rings (SSSR count). The first-order valence-corrected chi connectivity index (χ1v) is 11.7. The van der Waals surface area contributed by atoms with Crippen LogP contribution < -0.4 is 5.46 Å². The van der Waals surface area contributed by atoms with Gasteiger partial charge in [0.25, 0.3) is 0 Å². The summed E-state index contributed by atoms with van der Waals surface area (Å²) in [6.07, 6.45) is 0. The molecule has 0 aliphatic carbocycles. The molecule has 0 fully saturated rings. The minimum atomic E-state index is -1.52. The van der Waals surface area contributed by atoms with Crippen molar-refractivity contribution < 1.29 is 14.5 Å². The van der Waals surface area contributed by atoms with Crippen molar-refractivity contribution in [2.75, 3.05) is 0 Å². The van der Waals surface area contributed by atoms with Crippen LogP contribution in [0.1, 0.15) is 0 Å². The lowest BCUT2D eigenvalue weighted by molar-refractivity contribution is 0.426. The van der Waals surface area contributed by atoms with Crippen molar-refractivity contribution in [3.05, 3.63) is 97.1 Å². The third-order valence-corrected chi connectivity index (χ3v) is 7.36. The van der Waals surface area contributed by atoms with E-state index in [1.807, 2.05) is 6.07 Å². The summed E-state index contributed by atoms with van der Waals surface area (Å²) in [6, 6.07) is 33.2.